The molecular weight excluding hydrogens is 519 g/mol. The molecular formula is C28H35N5OS3. The molecule has 1 aliphatic rings. The van der Waals surface area contributed by atoms with Gasteiger partial charge in [0, 0.05) is 27.2 Å². The minimum absolute atomic E-state index is 0.138. The Balaban J connectivity index is 1.48. The van der Waals surface area contributed by atoms with Crippen LogP contribution < -0.4 is 5.32 Å². The third-order valence-corrected chi connectivity index (χ3v) is 10.8. The Morgan fingerprint density at radius 1 is 1.41 bits per heavy atom. The Kier molecular flexibility index (Phi) is 8.62. The van der Waals surface area contributed by atoms with E-state index in [1.165, 1.54) is 27.1 Å². The molecule has 3 heterocycles. The lowest BCUT2D eigenvalue weighted by Crippen LogP contribution is -2.28. The number of nitrogens with zero attached hydrogens (tertiary/aromatic N) is 4. The van der Waals surface area contributed by atoms with Crippen LogP contribution in [-0.4, -0.2) is 26.4 Å². The zero-order valence-electron chi connectivity index (χ0n) is 22.3. The number of hydrogen-bond acceptors (Lipinski definition) is 7. The number of carbonyl (C=O) groups excluding carboxylic acids is 1. The highest BCUT2D eigenvalue weighted by Gasteiger charge is 2.34. The number of anilines is 1. The molecule has 1 aliphatic carbocycles. The van der Waals surface area contributed by atoms with Gasteiger partial charge in [0.1, 0.15) is 11.1 Å². The molecule has 6 nitrogen and oxygen atoms in total. The molecule has 0 fully saturated rings. The van der Waals surface area contributed by atoms with Gasteiger partial charge in [0.05, 0.1) is 11.3 Å². The van der Waals surface area contributed by atoms with E-state index >= 15 is 0 Å². The first-order valence-electron chi connectivity index (χ1n) is 12.8. The first-order valence-corrected chi connectivity index (χ1v) is 15.5. The van der Waals surface area contributed by atoms with E-state index in [4.69, 9.17) is 0 Å². The van der Waals surface area contributed by atoms with Gasteiger partial charge in [-0.05, 0) is 55.1 Å². The highest BCUT2D eigenvalue weighted by molar-refractivity contribution is 7.99. The fourth-order valence-corrected chi connectivity index (χ4v) is 8.02. The van der Waals surface area contributed by atoms with Gasteiger partial charge in [-0.3, -0.25) is 9.36 Å². The Labute approximate surface area is 232 Å². The van der Waals surface area contributed by atoms with Crippen molar-refractivity contribution in [3.05, 3.63) is 44.5 Å². The summed E-state index contributed by atoms with van der Waals surface area (Å²) in [4.78, 5) is 15.5. The lowest BCUT2D eigenvalue weighted by atomic mass is 9.69. The van der Waals surface area contributed by atoms with E-state index in [0.29, 0.717) is 28.2 Å². The van der Waals surface area contributed by atoms with E-state index in [1.807, 2.05) is 10.6 Å². The SMILES string of the molecule is C=CCn1c(SCC(=O)Nc2sc3c(c2C#N)CCC(C(C)(C)CC)C3)nnc1-c1csc(C)c1CC. The fraction of sp³-hybridized carbons (Fsp3) is 0.500. The van der Waals surface area contributed by atoms with Crippen LogP contribution in [0.3, 0.4) is 0 Å². The van der Waals surface area contributed by atoms with Crippen LogP contribution in [0.4, 0.5) is 5.00 Å². The Morgan fingerprint density at radius 3 is 2.86 bits per heavy atom. The van der Waals surface area contributed by atoms with Gasteiger partial charge in [-0.2, -0.15) is 5.26 Å². The number of fused-ring (bicyclic) bond motifs is 1. The van der Waals surface area contributed by atoms with Gasteiger partial charge in [0.2, 0.25) is 5.91 Å². The minimum Gasteiger partial charge on any atom is -0.316 e. The van der Waals surface area contributed by atoms with E-state index in [-0.39, 0.29) is 17.1 Å². The highest BCUT2D eigenvalue weighted by atomic mass is 32.2. The number of nitriles is 1. The number of rotatable bonds is 10. The number of amides is 1. The molecule has 0 spiro atoms. The number of hydrogen-bond donors (Lipinski definition) is 1. The monoisotopic (exact) mass is 553 g/mol. The number of carbonyl (C=O) groups is 1. The predicted molar refractivity (Wildman–Crippen MR) is 156 cm³/mol. The molecule has 1 atom stereocenters. The van der Waals surface area contributed by atoms with Gasteiger partial charge >= 0.3 is 0 Å². The summed E-state index contributed by atoms with van der Waals surface area (Å²) in [5.41, 5.74) is 4.43. The fourth-order valence-electron chi connectivity index (χ4n) is 5.04. The Bertz CT molecular complexity index is 1340. The molecule has 0 bridgehead atoms. The van der Waals surface area contributed by atoms with Crippen molar-refractivity contribution >= 4 is 45.3 Å². The van der Waals surface area contributed by atoms with Crippen LogP contribution >= 0.6 is 34.4 Å². The predicted octanol–water partition coefficient (Wildman–Crippen LogP) is 7.27. The van der Waals surface area contributed by atoms with E-state index in [1.54, 1.807) is 22.7 Å². The molecule has 9 heteroatoms. The molecule has 0 radical (unpaired) electrons. The molecule has 1 amide bonds. The van der Waals surface area contributed by atoms with E-state index < -0.39 is 0 Å². The summed E-state index contributed by atoms with van der Waals surface area (Å²) in [6.07, 6.45) is 6.86. The van der Waals surface area contributed by atoms with Crippen LogP contribution in [0.25, 0.3) is 11.4 Å². The molecule has 0 saturated carbocycles. The Hall–Kier alpha value is -2.41. The van der Waals surface area contributed by atoms with Crippen LogP contribution in [0.1, 0.15) is 67.0 Å². The summed E-state index contributed by atoms with van der Waals surface area (Å²) in [5.74, 6) is 1.46. The van der Waals surface area contributed by atoms with Crippen molar-refractivity contribution in [2.24, 2.45) is 11.3 Å². The molecule has 1 unspecified atom stereocenters. The van der Waals surface area contributed by atoms with Gasteiger partial charge in [-0.1, -0.05) is 52.0 Å². The van der Waals surface area contributed by atoms with E-state index in [9.17, 15) is 10.1 Å². The molecule has 3 aromatic heterocycles. The molecule has 196 valence electrons. The molecule has 4 rings (SSSR count). The summed E-state index contributed by atoms with van der Waals surface area (Å²) < 4.78 is 2.02. The second kappa shape index (κ2) is 11.5. The third kappa shape index (κ3) is 5.57. The van der Waals surface area contributed by atoms with Crippen LogP contribution in [0, 0.1) is 29.6 Å². The molecule has 0 aromatic carbocycles. The molecule has 3 aromatic rings. The quantitative estimate of drug-likeness (QED) is 0.211. The van der Waals surface area contributed by atoms with E-state index in [2.05, 4.69) is 68.2 Å². The summed E-state index contributed by atoms with van der Waals surface area (Å²) >= 11 is 4.66. The van der Waals surface area contributed by atoms with Crippen LogP contribution in [0.15, 0.2) is 23.2 Å². The number of thiophene rings is 2. The number of allylic oxidation sites excluding steroid dienone is 1. The van der Waals surface area contributed by atoms with Crippen molar-refractivity contribution < 1.29 is 4.79 Å². The molecule has 37 heavy (non-hydrogen) atoms. The van der Waals surface area contributed by atoms with Crippen LogP contribution in [0.5, 0.6) is 0 Å². The second-order valence-electron chi connectivity index (χ2n) is 10.2. The first-order chi connectivity index (χ1) is 17.7. The van der Waals surface area contributed by atoms with Crippen molar-refractivity contribution in [2.75, 3.05) is 11.1 Å². The first kappa shape index (κ1) is 27.6. The third-order valence-electron chi connectivity index (χ3n) is 7.71. The normalized spacial score (nSPS) is 15.3. The van der Waals surface area contributed by atoms with Crippen molar-refractivity contribution in [1.29, 1.82) is 5.26 Å². The maximum absolute atomic E-state index is 13.0. The van der Waals surface area contributed by atoms with Gasteiger partial charge in [-0.25, -0.2) is 0 Å². The van der Waals surface area contributed by atoms with Crippen molar-refractivity contribution in [2.45, 2.75) is 78.4 Å². The number of thioether (sulfide) groups is 1. The largest absolute Gasteiger partial charge is 0.316 e. The molecule has 0 aliphatic heterocycles. The molecule has 0 saturated heterocycles. The Morgan fingerprint density at radius 2 is 2.19 bits per heavy atom. The number of nitrogens with one attached hydrogen (secondary N) is 1. The van der Waals surface area contributed by atoms with Gasteiger partial charge in [0.25, 0.3) is 0 Å². The van der Waals surface area contributed by atoms with Gasteiger partial charge in [-0.15, -0.1) is 39.4 Å². The highest BCUT2D eigenvalue weighted by Crippen LogP contribution is 2.45. The summed E-state index contributed by atoms with van der Waals surface area (Å²) in [6.45, 7) is 15.7. The average molecular weight is 554 g/mol. The maximum atomic E-state index is 13.0. The van der Waals surface area contributed by atoms with Crippen molar-refractivity contribution in [1.82, 2.24) is 14.8 Å². The summed E-state index contributed by atoms with van der Waals surface area (Å²) in [5, 5.41) is 25.3. The number of aryl methyl sites for hydroxylation is 1. The second-order valence-corrected chi connectivity index (χ2v) is 13.3. The topological polar surface area (TPSA) is 83.6 Å². The average Bonchev–Trinajstić information content (AvgIpc) is 3.56. The zero-order valence-corrected chi connectivity index (χ0v) is 24.8. The maximum Gasteiger partial charge on any atom is 0.235 e. The van der Waals surface area contributed by atoms with Gasteiger partial charge < -0.3 is 5.32 Å². The van der Waals surface area contributed by atoms with Gasteiger partial charge in [0.15, 0.2) is 11.0 Å². The van der Waals surface area contributed by atoms with Crippen LogP contribution in [0.2, 0.25) is 0 Å². The zero-order chi connectivity index (χ0) is 26.7. The van der Waals surface area contributed by atoms with Crippen LogP contribution in [-0.2, 0) is 30.6 Å². The lowest BCUT2D eigenvalue weighted by molar-refractivity contribution is -0.113. The summed E-state index contributed by atoms with van der Waals surface area (Å²) in [7, 11) is 0. The van der Waals surface area contributed by atoms with Crippen molar-refractivity contribution in [3.63, 3.8) is 0 Å². The minimum atomic E-state index is -0.138. The lowest BCUT2D eigenvalue weighted by Gasteiger charge is -2.36. The van der Waals surface area contributed by atoms with E-state index in [0.717, 1.165) is 49.1 Å². The smallest absolute Gasteiger partial charge is 0.235 e. The summed E-state index contributed by atoms with van der Waals surface area (Å²) in [6, 6.07) is 2.36. The molecule has 1 N–H and O–H groups in total. The van der Waals surface area contributed by atoms with Crippen molar-refractivity contribution in [3.8, 4) is 17.5 Å². The number of aromatic nitrogens is 3. The standard InChI is InChI=1S/C28H35N5OS3/c1-7-12-33-25(22-15-35-17(4)19(22)8-2)31-32-27(33)36-16-24(34)30-26-21(14-29)20-11-10-18(13-23(20)37-26)28(5,6)9-3/h7,15,18H,1,8-13,16H2,2-6H3,(H,30,34).